The number of nitrogens with zero attached hydrogens (tertiary/aromatic N) is 1. The van der Waals surface area contributed by atoms with Crippen LogP contribution < -0.4 is 5.32 Å². The van der Waals surface area contributed by atoms with Gasteiger partial charge in [0.05, 0.1) is 5.69 Å². The molecule has 19 heavy (non-hydrogen) atoms. The second-order valence-corrected chi connectivity index (χ2v) is 7.53. The Kier molecular flexibility index (Phi) is 5.13. The van der Waals surface area contributed by atoms with E-state index in [1.54, 1.807) is 16.4 Å². The molecule has 0 amide bonds. The van der Waals surface area contributed by atoms with Crippen molar-refractivity contribution in [2.75, 3.05) is 36.5 Å². The molecule has 1 aliphatic rings. The van der Waals surface area contributed by atoms with Crippen LogP contribution in [0.25, 0.3) is 0 Å². The van der Waals surface area contributed by atoms with E-state index < -0.39 is 10.0 Å². The summed E-state index contributed by atoms with van der Waals surface area (Å²) in [6.07, 6.45) is 0.924. The number of anilines is 1. The standard InChI is InChI=1S/C13H20N2O2S2/c1-2-14-12-6-3-4-7-13(12)19(16,17)15-8-5-10-18-11-9-15/h3-4,6-7,14H,2,5,8-11H2,1H3. The highest BCUT2D eigenvalue weighted by atomic mass is 32.2. The predicted octanol–water partition coefficient (Wildman–Crippen LogP) is 2.25. The highest BCUT2D eigenvalue weighted by Crippen LogP contribution is 2.26. The van der Waals surface area contributed by atoms with Gasteiger partial charge in [-0.05, 0) is 31.2 Å². The molecular weight excluding hydrogens is 280 g/mol. The molecule has 0 aromatic heterocycles. The van der Waals surface area contributed by atoms with Crippen LogP contribution >= 0.6 is 11.8 Å². The van der Waals surface area contributed by atoms with Gasteiger partial charge in [-0.1, -0.05) is 12.1 Å². The van der Waals surface area contributed by atoms with Crippen LogP contribution in [-0.4, -0.2) is 43.9 Å². The average Bonchev–Trinajstić information content (AvgIpc) is 2.69. The zero-order valence-corrected chi connectivity index (χ0v) is 12.8. The summed E-state index contributed by atoms with van der Waals surface area (Å²) in [7, 11) is -3.38. The van der Waals surface area contributed by atoms with Crippen LogP contribution in [0.15, 0.2) is 29.2 Å². The minimum Gasteiger partial charge on any atom is -0.384 e. The largest absolute Gasteiger partial charge is 0.384 e. The van der Waals surface area contributed by atoms with E-state index >= 15 is 0 Å². The quantitative estimate of drug-likeness (QED) is 0.926. The molecule has 0 aliphatic carbocycles. The van der Waals surface area contributed by atoms with Gasteiger partial charge in [0.2, 0.25) is 10.0 Å². The number of hydrogen-bond acceptors (Lipinski definition) is 4. The number of thioether (sulfide) groups is 1. The average molecular weight is 300 g/mol. The van der Waals surface area contributed by atoms with Gasteiger partial charge in [-0.3, -0.25) is 0 Å². The lowest BCUT2D eigenvalue weighted by atomic mass is 10.3. The Morgan fingerprint density at radius 1 is 1.26 bits per heavy atom. The van der Waals surface area contributed by atoms with E-state index in [2.05, 4.69) is 5.32 Å². The second-order valence-electron chi connectivity index (χ2n) is 4.40. The first kappa shape index (κ1) is 14.7. The summed E-state index contributed by atoms with van der Waals surface area (Å²) in [6, 6.07) is 7.14. The molecule has 1 N–H and O–H groups in total. The molecular formula is C13H20N2O2S2. The smallest absolute Gasteiger partial charge is 0.245 e. The summed E-state index contributed by atoms with van der Waals surface area (Å²) in [5, 5.41) is 3.13. The number of sulfonamides is 1. The van der Waals surface area contributed by atoms with Gasteiger partial charge >= 0.3 is 0 Å². The highest BCUT2D eigenvalue weighted by Gasteiger charge is 2.27. The van der Waals surface area contributed by atoms with Crippen LogP contribution in [0.5, 0.6) is 0 Å². The molecule has 0 saturated carbocycles. The minimum atomic E-state index is -3.38. The maximum Gasteiger partial charge on any atom is 0.245 e. The second kappa shape index (κ2) is 6.63. The number of benzene rings is 1. The SMILES string of the molecule is CCNc1ccccc1S(=O)(=O)N1CCCSCC1. The molecule has 2 rings (SSSR count). The molecule has 0 spiro atoms. The van der Waals surface area contributed by atoms with E-state index in [1.807, 2.05) is 30.8 Å². The van der Waals surface area contributed by atoms with Crippen molar-refractivity contribution < 1.29 is 8.42 Å². The van der Waals surface area contributed by atoms with Crippen molar-refractivity contribution in [2.45, 2.75) is 18.2 Å². The zero-order valence-electron chi connectivity index (χ0n) is 11.1. The third kappa shape index (κ3) is 3.43. The molecule has 4 nitrogen and oxygen atoms in total. The highest BCUT2D eigenvalue weighted by molar-refractivity contribution is 7.99. The Morgan fingerprint density at radius 3 is 2.84 bits per heavy atom. The molecule has 0 atom stereocenters. The van der Waals surface area contributed by atoms with Crippen molar-refractivity contribution in [2.24, 2.45) is 0 Å². The first-order valence-electron chi connectivity index (χ1n) is 6.57. The van der Waals surface area contributed by atoms with E-state index in [0.29, 0.717) is 30.2 Å². The summed E-state index contributed by atoms with van der Waals surface area (Å²) >= 11 is 1.82. The van der Waals surface area contributed by atoms with Crippen LogP contribution in [0.1, 0.15) is 13.3 Å². The topological polar surface area (TPSA) is 49.4 Å². The first-order chi connectivity index (χ1) is 9.16. The fraction of sp³-hybridized carbons (Fsp3) is 0.538. The van der Waals surface area contributed by atoms with Gasteiger partial charge in [-0.15, -0.1) is 0 Å². The van der Waals surface area contributed by atoms with Crippen molar-refractivity contribution in [1.82, 2.24) is 4.31 Å². The molecule has 0 radical (unpaired) electrons. The molecule has 1 aromatic carbocycles. The molecule has 1 aromatic rings. The van der Waals surface area contributed by atoms with Gasteiger partial charge in [0.25, 0.3) is 0 Å². The van der Waals surface area contributed by atoms with Crippen LogP contribution in [0.2, 0.25) is 0 Å². The Balaban J connectivity index is 2.32. The zero-order chi connectivity index (χ0) is 13.7. The van der Waals surface area contributed by atoms with E-state index in [9.17, 15) is 8.42 Å². The molecule has 0 bridgehead atoms. The van der Waals surface area contributed by atoms with Gasteiger partial charge in [-0.25, -0.2) is 8.42 Å². The maximum absolute atomic E-state index is 12.7. The number of nitrogens with one attached hydrogen (secondary N) is 1. The van der Waals surface area contributed by atoms with Gasteiger partial charge < -0.3 is 5.32 Å². The minimum absolute atomic E-state index is 0.392. The van der Waals surface area contributed by atoms with Crippen LogP contribution in [0.3, 0.4) is 0 Å². The number of para-hydroxylation sites is 1. The maximum atomic E-state index is 12.7. The molecule has 1 heterocycles. The lowest BCUT2D eigenvalue weighted by Gasteiger charge is -2.21. The lowest BCUT2D eigenvalue weighted by Crippen LogP contribution is -2.33. The first-order valence-corrected chi connectivity index (χ1v) is 9.16. The third-order valence-corrected chi connectivity index (χ3v) is 6.06. The summed E-state index contributed by atoms with van der Waals surface area (Å²) in [5.74, 6) is 1.92. The fourth-order valence-corrected chi connectivity index (χ4v) is 4.78. The normalized spacial score (nSPS) is 17.9. The van der Waals surface area contributed by atoms with Crippen LogP contribution in [0.4, 0.5) is 5.69 Å². The van der Waals surface area contributed by atoms with E-state index in [0.717, 1.165) is 17.9 Å². The Hall–Kier alpha value is -0.720. The summed E-state index contributed by atoms with van der Waals surface area (Å²) in [5.41, 5.74) is 0.696. The third-order valence-electron chi connectivity index (χ3n) is 3.05. The predicted molar refractivity (Wildman–Crippen MR) is 81.3 cm³/mol. The Labute approximate surface area is 119 Å². The molecule has 1 fully saturated rings. The Bertz CT molecular complexity index is 509. The summed E-state index contributed by atoms with van der Waals surface area (Å²) < 4.78 is 27.0. The van der Waals surface area contributed by atoms with Crippen LogP contribution in [0, 0.1) is 0 Å². The molecule has 106 valence electrons. The molecule has 1 aliphatic heterocycles. The fourth-order valence-electron chi connectivity index (χ4n) is 2.13. The summed E-state index contributed by atoms with van der Waals surface area (Å²) in [6.45, 7) is 3.90. The van der Waals surface area contributed by atoms with Crippen LogP contribution in [-0.2, 0) is 10.0 Å². The van der Waals surface area contributed by atoms with Gasteiger partial charge in [0.15, 0.2) is 0 Å². The van der Waals surface area contributed by atoms with Crippen molar-refractivity contribution in [3.63, 3.8) is 0 Å². The monoisotopic (exact) mass is 300 g/mol. The van der Waals surface area contributed by atoms with Crippen molar-refractivity contribution in [3.05, 3.63) is 24.3 Å². The van der Waals surface area contributed by atoms with E-state index in [1.165, 1.54) is 0 Å². The van der Waals surface area contributed by atoms with Gasteiger partial charge in [-0.2, -0.15) is 16.1 Å². The molecule has 6 heteroatoms. The number of hydrogen-bond donors (Lipinski definition) is 1. The summed E-state index contributed by atoms with van der Waals surface area (Å²) in [4.78, 5) is 0.392. The lowest BCUT2D eigenvalue weighted by molar-refractivity contribution is 0.435. The van der Waals surface area contributed by atoms with Crippen molar-refractivity contribution >= 4 is 27.5 Å². The number of rotatable bonds is 4. The Morgan fingerprint density at radius 2 is 2.05 bits per heavy atom. The van der Waals surface area contributed by atoms with Crippen molar-refractivity contribution in [3.8, 4) is 0 Å². The van der Waals surface area contributed by atoms with E-state index in [4.69, 9.17) is 0 Å². The van der Waals surface area contributed by atoms with E-state index in [-0.39, 0.29) is 0 Å². The van der Waals surface area contributed by atoms with Gasteiger partial charge in [0, 0.05) is 25.4 Å². The molecule has 1 saturated heterocycles. The van der Waals surface area contributed by atoms with Crippen molar-refractivity contribution in [1.29, 1.82) is 0 Å². The molecule has 0 unspecified atom stereocenters. The van der Waals surface area contributed by atoms with Gasteiger partial charge in [0.1, 0.15) is 4.90 Å².